The van der Waals surface area contributed by atoms with Gasteiger partial charge in [0.05, 0.1) is 10.9 Å². The summed E-state index contributed by atoms with van der Waals surface area (Å²) in [4.78, 5) is 33.8. The lowest BCUT2D eigenvalue weighted by molar-refractivity contribution is -0.111. The van der Waals surface area contributed by atoms with Crippen LogP contribution in [-0.4, -0.2) is 51.9 Å². The third-order valence-electron chi connectivity index (χ3n) is 4.76. The number of rotatable bonds is 1. The quantitative estimate of drug-likeness (QED) is 0.785. The first-order valence-corrected chi connectivity index (χ1v) is 8.60. The zero-order chi connectivity index (χ0) is 18.1. The first-order valence-electron chi connectivity index (χ1n) is 8.60. The van der Waals surface area contributed by atoms with Gasteiger partial charge in [0.15, 0.2) is 0 Å². The van der Waals surface area contributed by atoms with Crippen molar-refractivity contribution in [2.75, 3.05) is 13.1 Å². The minimum atomic E-state index is -0.362. The van der Waals surface area contributed by atoms with E-state index >= 15 is 0 Å². The number of amides is 1. The topological polar surface area (TPSA) is 84.4 Å². The van der Waals surface area contributed by atoms with Gasteiger partial charge in [-0.05, 0) is 37.0 Å². The van der Waals surface area contributed by atoms with Crippen LogP contribution in [0.4, 0.5) is 4.79 Å². The van der Waals surface area contributed by atoms with E-state index in [1.807, 2.05) is 4.90 Å². The number of benzene rings is 1. The molecule has 2 atom stereocenters. The van der Waals surface area contributed by atoms with Gasteiger partial charge in [0.25, 0.3) is 0 Å². The number of nitrogens with zero attached hydrogens (tertiary/aromatic N) is 3. The van der Waals surface area contributed by atoms with Crippen molar-refractivity contribution in [2.24, 2.45) is 0 Å². The molecule has 7 heteroatoms. The second kappa shape index (κ2) is 6.73. The summed E-state index contributed by atoms with van der Waals surface area (Å²) in [6.07, 6.45) is 2.99. The number of ether oxygens (including phenoxy) is 1. The number of nitrogens with one attached hydrogen (secondary N) is 1. The highest BCUT2D eigenvalue weighted by molar-refractivity contribution is 5.94. The smallest absolute Gasteiger partial charge is 0.390 e. The van der Waals surface area contributed by atoms with E-state index < -0.39 is 0 Å². The Morgan fingerprint density at radius 1 is 1.23 bits per heavy atom. The average Bonchev–Trinajstić information content (AvgIpc) is 2.89. The van der Waals surface area contributed by atoms with Crippen molar-refractivity contribution in [3.63, 3.8) is 0 Å². The van der Waals surface area contributed by atoms with Gasteiger partial charge in [-0.2, -0.15) is 0 Å². The first-order chi connectivity index (χ1) is 12.6. The number of fused-ring (bicyclic) bond motifs is 3. The van der Waals surface area contributed by atoms with E-state index in [1.54, 1.807) is 18.2 Å². The lowest BCUT2D eigenvalue weighted by Crippen LogP contribution is -2.55. The molecule has 0 spiro atoms. The number of carbonyl (C=O) groups is 2. The SMILES string of the molecule is CC(=O)C#Cc1ccc2c(OC(=O)N3C4CCC3CNC4)ncnc2c1. The highest BCUT2D eigenvalue weighted by atomic mass is 16.6. The molecule has 0 saturated carbocycles. The van der Waals surface area contributed by atoms with Gasteiger partial charge >= 0.3 is 6.09 Å². The molecule has 1 N–H and O–H groups in total. The number of ketones is 1. The molecule has 2 aliphatic heterocycles. The lowest BCUT2D eigenvalue weighted by atomic mass is 10.1. The maximum absolute atomic E-state index is 12.7. The van der Waals surface area contributed by atoms with Crippen LogP contribution in [0.2, 0.25) is 0 Å². The normalized spacial score (nSPS) is 21.2. The Morgan fingerprint density at radius 2 is 2.00 bits per heavy atom. The van der Waals surface area contributed by atoms with Crippen LogP contribution in [0.1, 0.15) is 25.3 Å². The standard InChI is InChI=1S/C19H18N4O3/c1-12(24)2-3-13-4-7-16-17(8-13)21-11-22-18(16)26-19(25)23-14-5-6-15(23)10-20-9-14/h4,7-8,11,14-15,20H,5-6,9-10H2,1H3. The number of hydrogen-bond donors (Lipinski definition) is 1. The molecule has 7 nitrogen and oxygen atoms in total. The van der Waals surface area contributed by atoms with Crippen molar-refractivity contribution >= 4 is 22.8 Å². The van der Waals surface area contributed by atoms with Crippen LogP contribution in [0.25, 0.3) is 10.9 Å². The molecule has 2 bridgehead atoms. The number of aromatic nitrogens is 2. The third-order valence-corrected chi connectivity index (χ3v) is 4.76. The van der Waals surface area contributed by atoms with Gasteiger partial charge in [0.1, 0.15) is 6.33 Å². The van der Waals surface area contributed by atoms with Crippen LogP contribution in [0, 0.1) is 11.8 Å². The minimum absolute atomic E-state index is 0.183. The fraction of sp³-hybridized carbons (Fsp3) is 0.368. The van der Waals surface area contributed by atoms with E-state index in [-0.39, 0.29) is 29.8 Å². The van der Waals surface area contributed by atoms with Gasteiger partial charge in [-0.15, -0.1) is 0 Å². The van der Waals surface area contributed by atoms with E-state index in [2.05, 4.69) is 27.1 Å². The Labute approximate surface area is 150 Å². The summed E-state index contributed by atoms with van der Waals surface area (Å²) in [5, 5.41) is 3.98. The predicted octanol–water partition coefficient (Wildman–Crippen LogP) is 1.51. The molecular formula is C19H18N4O3. The van der Waals surface area contributed by atoms with E-state index in [1.165, 1.54) is 13.3 Å². The number of carbonyl (C=O) groups excluding carboxylic acids is 2. The summed E-state index contributed by atoms with van der Waals surface area (Å²) in [7, 11) is 0. The molecule has 1 amide bonds. The van der Waals surface area contributed by atoms with E-state index in [9.17, 15) is 9.59 Å². The van der Waals surface area contributed by atoms with E-state index in [0.29, 0.717) is 16.5 Å². The molecule has 2 fully saturated rings. The van der Waals surface area contributed by atoms with Gasteiger partial charge < -0.3 is 10.1 Å². The van der Waals surface area contributed by atoms with Crippen LogP contribution < -0.4 is 10.1 Å². The molecule has 3 heterocycles. The van der Waals surface area contributed by atoms with Gasteiger partial charge in [-0.1, -0.05) is 5.92 Å². The molecule has 0 radical (unpaired) electrons. The van der Waals surface area contributed by atoms with Crippen LogP contribution >= 0.6 is 0 Å². The van der Waals surface area contributed by atoms with Gasteiger partial charge in [0.2, 0.25) is 11.7 Å². The Bertz CT molecular complexity index is 931. The minimum Gasteiger partial charge on any atom is -0.390 e. The summed E-state index contributed by atoms with van der Waals surface area (Å²) in [5.41, 5.74) is 1.28. The molecular weight excluding hydrogens is 332 g/mol. The van der Waals surface area contributed by atoms with Crippen molar-refractivity contribution < 1.29 is 14.3 Å². The van der Waals surface area contributed by atoms with Crippen molar-refractivity contribution in [1.82, 2.24) is 20.2 Å². The molecule has 4 rings (SSSR count). The number of hydrogen-bond acceptors (Lipinski definition) is 6. The molecule has 0 aliphatic carbocycles. The lowest BCUT2D eigenvalue weighted by Gasteiger charge is -2.34. The Morgan fingerprint density at radius 3 is 2.73 bits per heavy atom. The highest BCUT2D eigenvalue weighted by Crippen LogP contribution is 2.29. The molecule has 2 aromatic rings. The van der Waals surface area contributed by atoms with Gasteiger partial charge in [0, 0.05) is 37.7 Å². The average molecular weight is 350 g/mol. The third kappa shape index (κ3) is 3.11. The zero-order valence-corrected chi connectivity index (χ0v) is 14.4. The fourth-order valence-electron chi connectivity index (χ4n) is 3.56. The monoisotopic (exact) mass is 350 g/mol. The Kier molecular flexibility index (Phi) is 4.27. The molecule has 2 aliphatic rings. The summed E-state index contributed by atoms with van der Waals surface area (Å²) >= 11 is 0. The van der Waals surface area contributed by atoms with E-state index in [0.717, 1.165) is 25.9 Å². The maximum atomic E-state index is 12.7. The van der Waals surface area contributed by atoms with Crippen molar-refractivity contribution in [2.45, 2.75) is 31.8 Å². The zero-order valence-electron chi connectivity index (χ0n) is 14.4. The molecule has 1 aromatic carbocycles. The Hall–Kier alpha value is -2.98. The number of piperazine rings is 1. The van der Waals surface area contributed by atoms with Crippen LogP contribution in [-0.2, 0) is 4.79 Å². The largest absolute Gasteiger partial charge is 0.417 e. The summed E-state index contributed by atoms with van der Waals surface area (Å²) in [6.45, 7) is 3.01. The van der Waals surface area contributed by atoms with Crippen LogP contribution in [0.3, 0.4) is 0 Å². The van der Waals surface area contributed by atoms with Crippen molar-refractivity contribution in [3.8, 4) is 17.7 Å². The summed E-state index contributed by atoms with van der Waals surface area (Å²) in [6, 6.07) is 5.63. The predicted molar refractivity (Wildman–Crippen MR) is 94.6 cm³/mol. The molecule has 26 heavy (non-hydrogen) atoms. The maximum Gasteiger partial charge on any atom is 0.417 e. The molecule has 2 saturated heterocycles. The Balaban J connectivity index is 1.60. The second-order valence-corrected chi connectivity index (χ2v) is 6.54. The van der Waals surface area contributed by atoms with Crippen LogP contribution in [0.15, 0.2) is 24.5 Å². The van der Waals surface area contributed by atoms with Crippen LogP contribution in [0.5, 0.6) is 5.88 Å². The second-order valence-electron chi connectivity index (χ2n) is 6.54. The molecule has 2 unspecified atom stereocenters. The molecule has 132 valence electrons. The van der Waals surface area contributed by atoms with Crippen molar-refractivity contribution in [1.29, 1.82) is 0 Å². The highest BCUT2D eigenvalue weighted by Gasteiger charge is 2.40. The van der Waals surface area contributed by atoms with Gasteiger partial charge in [-0.3, -0.25) is 9.69 Å². The number of Topliss-reactive ketones (excluding diaryl/α,β-unsaturated/α-hetero) is 1. The van der Waals surface area contributed by atoms with Crippen molar-refractivity contribution in [3.05, 3.63) is 30.1 Å². The van der Waals surface area contributed by atoms with Gasteiger partial charge in [-0.25, -0.2) is 14.8 Å². The fourth-order valence-corrected chi connectivity index (χ4v) is 3.56. The summed E-state index contributed by atoms with van der Waals surface area (Å²) < 4.78 is 5.60. The molecule has 1 aromatic heterocycles. The summed E-state index contributed by atoms with van der Waals surface area (Å²) in [5.74, 6) is 5.33. The first kappa shape index (κ1) is 16.5. The van der Waals surface area contributed by atoms with E-state index in [4.69, 9.17) is 4.74 Å².